The zero-order valence-corrected chi connectivity index (χ0v) is 6.75. The smallest absolute Gasteiger partial charge is 0.0882 e. The van der Waals surface area contributed by atoms with E-state index in [1.165, 1.54) is 18.5 Å². The van der Waals surface area contributed by atoms with Gasteiger partial charge in [-0.1, -0.05) is 0 Å². The van der Waals surface area contributed by atoms with Gasteiger partial charge in [0.2, 0.25) is 0 Å². The summed E-state index contributed by atoms with van der Waals surface area (Å²) in [5, 5.41) is 0. The molecule has 0 aromatic carbocycles. The van der Waals surface area contributed by atoms with Crippen molar-refractivity contribution in [1.82, 2.24) is 9.97 Å². The maximum atomic E-state index is 4.57. The van der Waals surface area contributed by atoms with Crippen LogP contribution in [0.5, 0.6) is 0 Å². The van der Waals surface area contributed by atoms with Crippen molar-refractivity contribution in [2.75, 3.05) is 0 Å². The van der Waals surface area contributed by atoms with Crippen LogP contribution in [-0.4, -0.2) is 9.97 Å². The van der Waals surface area contributed by atoms with Gasteiger partial charge < -0.3 is 4.98 Å². The fraction of sp³-hybridized carbons (Fsp3) is 0.300. The molecule has 2 aromatic rings. The maximum Gasteiger partial charge on any atom is 0.0882 e. The summed E-state index contributed by atoms with van der Waals surface area (Å²) >= 11 is 0. The number of rotatable bonds is 1. The van der Waals surface area contributed by atoms with Crippen molar-refractivity contribution in [2.45, 2.75) is 18.8 Å². The van der Waals surface area contributed by atoms with Crippen LogP contribution in [0.1, 0.15) is 24.5 Å². The molecule has 2 aromatic heterocycles. The van der Waals surface area contributed by atoms with E-state index in [2.05, 4.69) is 22.1 Å². The average Bonchev–Trinajstić information content (AvgIpc) is 2.84. The van der Waals surface area contributed by atoms with Gasteiger partial charge in [-0.05, 0) is 31.0 Å². The van der Waals surface area contributed by atoms with E-state index in [-0.39, 0.29) is 0 Å². The summed E-state index contributed by atoms with van der Waals surface area (Å²) < 4.78 is 0. The van der Waals surface area contributed by atoms with Gasteiger partial charge >= 0.3 is 0 Å². The highest BCUT2D eigenvalue weighted by atomic mass is 14.8. The third-order valence-corrected chi connectivity index (χ3v) is 2.42. The van der Waals surface area contributed by atoms with E-state index in [9.17, 15) is 0 Å². The van der Waals surface area contributed by atoms with Crippen molar-refractivity contribution in [3.63, 3.8) is 0 Å². The van der Waals surface area contributed by atoms with E-state index in [0.29, 0.717) is 0 Å². The molecule has 2 nitrogen and oxygen atoms in total. The molecule has 0 spiro atoms. The first kappa shape index (κ1) is 6.23. The average molecular weight is 158 g/mol. The molecule has 0 amide bonds. The summed E-state index contributed by atoms with van der Waals surface area (Å²) in [5.74, 6) is 0.754. The molecule has 0 aliphatic heterocycles. The highest BCUT2D eigenvalue weighted by Gasteiger charge is 2.24. The quantitative estimate of drug-likeness (QED) is 0.678. The number of nitrogens with one attached hydrogen (secondary N) is 1. The Bertz CT molecular complexity index is 412. The number of nitrogens with zero attached hydrogens (tertiary/aromatic N) is 1. The Morgan fingerprint density at radius 1 is 1.25 bits per heavy atom. The van der Waals surface area contributed by atoms with Gasteiger partial charge in [-0.2, -0.15) is 0 Å². The number of pyridine rings is 1. The van der Waals surface area contributed by atoms with Gasteiger partial charge in [0.15, 0.2) is 0 Å². The van der Waals surface area contributed by atoms with Crippen molar-refractivity contribution in [3.05, 3.63) is 30.1 Å². The van der Waals surface area contributed by atoms with Crippen LogP contribution in [0.15, 0.2) is 24.4 Å². The molecular weight excluding hydrogens is 148 g/mol. The summed E-state index contributed by atoms with van der Waals surface area (Å²) in [6.07, 6.45) is 4.58. The number of hydrogen-bond donors (Lipinski definition) is 1. The van der Waals surface area contributed by atoms with Crippen molar-refractivity contribution >= 4 is 11.0 Å². The van der Waals surface area contributed by atoms with Crippen LogP contribution in [-0.2, 0) is 0 Å². The zero-order chi connectivity index (χ0) is 7.97. The van der Waals surface area contributed by atoms with Crippen LogP contribution in [0.4, 0.5) is 0 Å². The lowest BCUT2D eigenvalue weighted by Crippen LogP contribution is -1.84. The lowest BCUT2D eigenvalue weighted by atomic mass is 10.2. The van der Waals surface area contributed by atoms with Gasteiger partial charge in [0, 0.05) is 17.8 Å². The summed E-state index contributed by atoms with van der Waals surface area (Å²) in [6, 6.07) is 6.29. The first-order valence-electron chi connectivity index (χ1n) is 4.37. The van der Waals surface area contributed by atoms with Crippen molar-refractivity contribution in [3.8, 4) is 0 Å². The molecular formula is C10H10N2. The molecule has 1 N–H and O–H groups in total. The fourth-order valence-electron chi connectivity index (χ4n) is 1.56. The lowest BCUT2D eigenvalue weighted by Gasteiger charge is -1.95. The van der Waals surface area contributed by atoms with Crippen LogP contribution >= 0.6 is 0 Å². The predicted molar refractivity (Wildman–Crippen MR) is 48.1 cm³/mol. The molecule has 1 aliphatic carbocycles. The topological polar surface area (TPSA) is 28.7 Å². The molecule has 12 heavy (non-hydrogen) atoms. The number of hydrogen-bond acceptors (Lipinski definition) is 1. The van der Waals surface area contributed by atoms with Crippen LogP contribution in [0.3, 0.4) is 0 Å². The van der Waals surface area contributed by atoms with Gasteiger partial charge in [0.25, 0.3) is 0 Å². The molecule has 3 rings (SSSR count). The van der Waals surface area contributed by atoms with E-state index in [1.54, 1.807) is 0 Å². The SMILES string of the molecule is c1cc2nc(C3CC3)ccc2[nH]1. The molecule has 1 fully saturated rings. The van der Waals surface area contributed by atoms with E-state index in [1.807, 2.05) is 12.3 Å². The second-order valence-corrected chi connectivity index (χ2v) is 3.42. The Labute approximate surface area is 70.6 Å². The second-order valence-electron chi connectivity index (χ2n) is 3.42. The largest absolute Gasteiger partial charge is 0.360 e. The minimum atomic E-state index is 0.754. The van der Waals surface area contributed by atoms with Gasteiger partial charge in [-0.15, -0.1) is 0 Å². The monoisotopic (exact) mass is 158 g/mol. The zero-order valence-electron chi connectivity index (χ0n) is 6.75. The normalized spacial score (nSPS) is 17.0. The Morgan fingerprint density at radius 2 is 2.17 bits per heavy atom. The number of aromatic amines is 1. The van der Waals surface area contributed by atoms with Crippen molar-refractivity contribution in [1.29, 1.82) is 0 Å². The third-order valence-electron chi connectivity index (χ3n) is 2.42. The number of H-pyrrole nitrogens is 1. The van der Waals surface area contributed by atoms with Crippen LogP contribution in [0.25, 0.3) is 11.0 Å². The Balaban J connectivity index is 2.21. The minimum absolute atomic E-state index is 0.754. The molecule has 0 radical (unpaired) electrons. The van der Waals surface area contributed by atoms with Crippen molar-refractivity contribution in [2.24, 2.45) is 0 Å². The maximum absolute atomic E-state index is 4.57. The van der Waals surface area contributed by atoms with Crippen LogP contribution < -0.4 is 0 Å². The summed E-state index contributed by atoms with van der Waals surface area (Å²) in [6.45, 7) is 0. The Morgan fingerprint density at radius 3 is 3.00 bits per heavy atom. The van der Waals surface area contributed by atoms with E-state index in [0.717, 1.165) is 17.0 Å². The summed E-state index contributed by atoms with van der Waals surface area (Å²) in [7, 11) is 0. The predicted octanol–water partition coefficient (Wildman–Crippen LogP) is 2.44. The molecule has 0 unspecified atom stereocenters. The number of aromatic nitrogens is 2. The molecule has 60 valence electrons. The molecule has 2 heteroatoms. The second kappa shape index (κ2) is 2.09. The Kier molecular flexibility index (Phi) is 1.09. The molecule has 1 saturated carbocycles. The van der Waals surface area contributed by atoms with Crippen LogP contribution in [0.2, 0.25) is 0 Å². The van der Waals surface area contributed by atoms with Crippen LogP contribution in [0, 0.1) is 0 Å². The molecule has 2 heterocycles. The Hall–Kier alpha value is -1.31. The lowest BCUT2D eigenvalue weighted by molar-refractivity contribution is 1.04. The molecule has 0 atom stereocenters. The summed E-state index contributed by atoms with van der Waals surface area (Å²) in [4.78, 5) is 7.71. The first-order chi connectivity index (χ1) is 5.93. The van der Waals surface area contributed by atoms with E-state index in [4.69, 9.17) is 0 Å². The fourth-order valence-corrected chi connectivity index (χ4v) is 1.56. The molecule has 0 bridgehead atoms. The van der Waals surface area contributed by atoms with Gasteiger partial charge in [0.1, 0.15) is 0 Å². The highest BCUT2D eigenvalue weighted by molar-refractivity contribution is 5.74. The highest BCUT2D eigenvalue weighted by Crippen LogP contribution is 2.39. The van der Waals surface area contributed by atoms with E-state index < -0.39 is 0 Å². The minimum Gasteiger partial charge on any atom is -0.360 e. The van der Waals surface area contributed by atoms with Gasteiger partial charge in [0.05, 0.1) is 11.0 Å². The molecule has 1 aliphatic rings. The van der Waals surface area contributed by atoms with Gasteiger partial charge in [-0.25, -0.2) is 0 Å². The van der Waals surface area contributed by atoms with E-state index >= 15 is 0 Å². The standard InChI is InChI=1S/C10H10N2/c1-2-7(1)8-3-4-9-10(12-8)5-6-11-9/h3-7,11H,1-2H2. The third kappa shape index (κ3) is 0.843. The summed E-state index contributed by atoms with van der Waals surface area (Å²) in [5.41, 5.74) is 3.50. The van der Waals surface area contributed by atoms with Gasteiger partial charge in [-0.3, -0.25) is 4.98 Å². The first-order valence-corrected chi connectivity index (χ1v) is 4.37. The number of fused-ring (bicyclic) bond motifs is 1. The molecule has 0 saturated heterocycles. The van der Waals surface area contributed by atoms with Crippen molar-refractivity contribution < 1.29 is 0 Å².